The molecule has 1 fully saturated rings. The molecule has 2 N–H and O–H groups in total. The molecule has 2 rings (SSSR count). The van der Waals surface area contributed by atoms with Gasteiger partial charge in [-0.05, 0) is 38.8 Å². The third-order valence-electron chi connectivity index (χ3n) is 3.64. The Morgan fingerprint density at radius 3 is 3.17 bits per heavy atom. The van der Waals surface area contributed by atoms with Crippen molar-refractivity contribution in [2.24, 2.45) is 11.7 Å². The second kappa shape index (κ2) is 6.64. The second-order valence-electron chi connectivity index (χ2n) is 5.52. The number of likely N-dealkylation sites (tertiary alicyclic amines) is 1. The van der Waals surface area contributed by atoms with Crippen LogP contribution in [-0.2, 0) is 12.8 Å². The standard InChI is InChI=1S/C14H25N3S/c1-3-17-6-4-5-12(9-17)8-14-16-13(10-18-14)7-11(2)15/h10-12H,3-9,15H2,1-2H3. The lowest BCUT2D eigenvalue weighted by molar-refractivity contribution is 0.182. The smallest absolute Gasteiger partial charge is 0.0931 e. The van der Waals surface area contributed by atoms with E-state index in [1.807, 2.05) is 18.3 Å². The van der Waals surface area contributed by atoms with Gasteiger partial charge in [0.2, 0.25) is 0 Å². The van der Waals surface area contributed by atoms with Crippen LogP contribution in [-0.4, -0.2) is 35.6 Å². The molecule has 1 aliphatic rings. The first kappa shape index (κ1) is 14.0. The summed E-state index contributed by atoms with van der Waals surface area (Å²) >= 11 is 1.81. The van der Waals surface area contributed by atoms with Gasteiger partial charge in [0.05, 0.1) is 10.7 Å². The highest BCUT2D eigenvalue weighted by Crippen LogP contribution is 2.22. The van der Waals surface area contributed by atoms with Gasteiger partial charge in [0.15, 0.2) is 0 Å². The monoisotopic (exact) mass is 267 g/mol. The number of piperidine rings is 1. The third-order valence-corrected chi connectivity index (χ3v) is 4.56. The first-order chi connectivity index (χ1) is 8.67. The summed E-state index contributed by atoms with van der Waals surface area (Å²) in [6, 6.07) is 0.213. The molecule has 4 heteroatoms. The highest BCUT2D eigenvalue weighted by Gasteiger charge is 2.20. The Morgan fingerprint density at radius 2 is 2.44 bits per heavy atom. The lowest BCUT2D eigenvalue weighted by Crippen LogP contribution is -2.35. The minimum absolute atomic E-state index is 0.213. The van der Waals surface area contributed by atoms with Crippen molar-refractivity contribution in [1.29, 1.82) is 0 Å². The molecule has 102 valence electrons. The van der Waals surface area contributed by atoms with Gasteiger partial charge in [0, 0.05) is 30.8 Å². The van der Waals surface area contributed by atoms with Crippen molar-refractivity contribution in [2.75, 3.05) is 19.6 Å². The maximum atomic E-state index is 5.81. The lowest BCUT2D eigenvalue weighted by Gasteiger charge is -2.31. The van der Waals surface area contributed by atoms with Crippen molar-refractivity contribution in [2.45, 2.75) is 45.6 Å². The minimum atomic E-state index is 0.213. The Balaban J connectivity index is 1.86. The third kappa shape index (κ3) is 4.04. The molecule has 2 atom stereocenters. The van der Waals surface area contributed by atoms with Crippen LogP contribution >= 0.6 is 11.3 Å². The maximum Gasteiger partial charge on any atom is 0.0931 e. The molecule has 0 aliphatic carbocycles. The number of thiazole rings is 1. The fourth-order valence-electron chi connectivity index (χ4n) is 2.72. The van der Waals surface area contributed by atoms with Gasteiger partial charge in [-0.3, -0.25) is 0 Å². The van der Waals surface area contributed by atoms with Crippen LogP contribution < -0.4 is 5.73 Å². The number of hydrogen-bond acceptors (Lipinski definition) is 4. The van der Waals surface area contributed by atoms with E-state index in [9.17, 15) is 0 Å². The summed E-state index contributed by atoms with van der Waals surface area (Å²) in [5.41, 5.74) is 6.99. The zero-order chi connectivity index (χ0) is 13.0. The summed E-state index contributed by atoms with van der Waals surface area (Å²) in [7, 11) is 0. The summed E-state index contributed by atoms with van der Waals surface area (Å²) in [5.74, 6) is 0.799. The van der Waals surface area contributed by atoms with Crippen LogP contribution in [0.2, 0.25) is 0 Å². The van der Waals surface area contributed by atoms with Crippen LogP contribution in [0.3, 0.4) is 0 Å². The summed E-state index contributed by atoms with van der Waals surface area (Å²) in [6.45, 7) is 8.01. The fourth-order valence-corrected chi connectivity index (χ4v) is 3.64. The highest BCUT2D eigenvalue weighted by atomic mass is 32.1. The topological polar surface area (TPSA) is 42.2 Å². The maximum absolute atomic E-state index is 5.81. The highest BCUT2D eigenvalue weighted by molar-refractivity contribution is 7.09. The van der Waals surface area contributed by atoms with Crippen molar-refractivity contribution in [3.05, 3.63) is 16.1 Å². The zero-order valence-corrected chi connectivity index (χ0v) is 12.4. The van der Waals surface area contributed by atoms with Gasteiger partial charge in [0.25, 0.3) is 0 Å². The first-order valence-corrected chi connectivity index (χ1v) is 7.96. The molecule has 0 spiro atoms. The van der Waals surface area contributed by atoms with Gasteiger partial charge in [-0.15, -0.1) is 11.3 Å². The van der Waals surface area contributed by atoms with Crippen molar-refractivity contribution in [1.82, 2.24) is 9.88 Å². The molecule has 1 aromatic heterocycles. The molecule has 0 amide bonds. The molecular weight excluding hydrogens is 242 g/mol. The molecular formula is C14H25N3S. The van der Waals surface area contributed by atoms with Crippen LogP contribution in [0.4, 0.5) is 0 Å². The largest absolute Gasteiger partial charge is 0.328 e. The summed E-state index contributed by atoms with van der Waals surface area (Å²) in [4.78, 5) is 7.28. The van der Waals surface area contributed by atoms with E-state index in [1.54, 1.807) is 0 Å². The van der Waals surface area contributed by atoms with E-state index in [0.29, 0.717) is 0 Å². The normalized spacial score (nSPS) is 23.2. The predicted octanol–water partition coefficient (Wildman–Crippen LogP) is 2.31. The summed E-state index contributed by atoms with van der Waals surface area (Å²) in [6.07, 6.45) is 4.76. The lowest BCUT2D eigenvalue weighted by atomic mass is 9.95. The number of aromatic nitrogens is 1. The molecule has 0 radical (unpaired) electrons. The SMILES string of the molecule is CCN1CCCC(Cc2nc(CC(C)N)cs2)C1. The van der Waals surface area contributed by atoms with Gasteiger partial charge < -0.3 is 10.6 Å². The molecule has 0 aromatic carbocycles. The van der Waals surface area contributed by atoms with Crippen molar-refractivity contribution in [3.63, 3.8) is 0 Å². The van der Waals surface area contributed by atoms with E-state index in [2.05, 4.69) is 17.2 Å². The molecule has 1 aliphatic heterocycles. The number of nitrogens with zero attached hydrogens (tertiary/aromatic N) is 2. The van der Waals surface area contributed by atoms with Crippen molar-refractivity contribution >= 4 is 11.3 Å². The minimum Gasteiger partial charge on any atom is -0.328 e. The van der Waals surface area contributed by atoms with Gasteiger partial charge in [-0.2, -0.15) is 0 Å². The van der Waals surface area contributed by atoms with Crippen LogP contribution in [0.25, 0.3) is 0 Å². The van der Waals surface area contributed by atoms with Gasteiger partial charge >= 0.3 is 0 Å². The Morgan fingerprint density at radius 1 is 1.61 bits per heavy atom. The molecule has 2 heterocycles. The van der Waals surface area contributed by atoms with Crippen LogP contribution in [0.1, 0.15) is 37.4 Å². The second-order valence-corrected chi connectivity index (χ2v) is 6.46. The van der Waals surface area contributed by atoms with E-state index in [1.165, 1.54) is 43.2 Å². The van der Waals surface area contributed by atoms with Crippen LogP contribution in [0, 0.1) is 5.92 Å². The Labute approximate surface area is 114 Å². The van der Waals surface area contributed by atoms with Crippen molar-refractivity contribution < 1.29 is 0 Å². The van der Waals surface area contributed by atoms with E-state index < -0.39 is 0 Å². The molecule has 18 heavy (non-hydrogen) atoms. The van der Waals surface area contributed by atoms with E-state index >= 15 is 0 Å². The average molecular weight is 267 g/mol. The van der Waals surface area contributed by atoms with Crippen molar-refractivity contribution in [3.8, 4) is 0 Å². The Hall–Kier alpha value is -0.450. The number of nitrogens with two attached hydrogens (primary N) is 1. The van der Waals surface area contributed by atoms with E-state index in [-0.39, 0.29) is 6.04 Å². The van der Waals surface area contributed by atoms with E-state index in [4.69, 9.17) is 10.7 Å². The quantitative estimate of drug-likeness (QED) is 0.890. The molecule has 0 saturated carbocycles. The zero-order valence-electron chi connectivity index (χ0n) is 11.6. The summed E-state index contributed by atoms with van der Waals surface area (Å²) < 4.78 is 0. The fraction of sp³-hybridized carbons (Fsp3) is 0.786. The van der Waals surface area contributed by atoms with Crippen LogP contribution in [0.15, 0.2) is 5.38 Å². The molecule has 1 saturated heterocycles. The van der Waals surface area contributed by atoms with Gasteiger partial charge in [0.1, 0.15) is 0 Å². The molecule has 3 nitrogen and oxygen atoms in total. The average Bonchev–Trinajstić information content (AvgIpc) is 2.76. The number of rotatable bonds is 5. The molecule has 2 unspecified atom stereocenters. The Bertz CT molecular complexity index is 362. The van der Waals surface area contributed by atoms with Gasteiger partial charge in [-0.1, -0.05) is 6.92 Å². The van der Waals surface area contributed by atoms with Gasteiger partial charge in [-0.25, -0.2) is 4.98 Å². The van der Waals surface area contributed by atoms with E-state index in [0.717, 1.165) is 18.8 Å². The van der Waals surface area contributed by atoms with Crippen LogP contribution in [0.5, 0.6) is 0 Å². The molecule has 1 aromatic rings. The number of hydrogen-bond donors (Lipinski definition) is 1. The first-order valence-electron chi connectivity index (χ1n) is 7.08. The predicted molar refractivity (Wildman–Crippen MR) is 78.0 cm³/mol. The Kier molecular flexibility index (Phi) is 5.15. The molecule has 0 bridgehead atoms. The summed E-state index contributed by atoms with van der Waals surface area (Å²) in [5, 5.41) is 3.48.